The number of nitrogens with zero attached hydrogens (tertiary/aromatic N) is 1. The van der Waals surface area contributed by atoms with Crippen molar-refractivity contribution < 1.29 is 27.9 Å². The molecule has 0 aliphatic carbocycles. The molecule has 1 atom stereocenters. The maximum absolute atomic E-state index is 11.9. The smallest absolute Gasteiger partial charge is 0.441 e. The first-order valence-corrected chi connectivity index (χ1v) is 7.51. The van der Waals surface area contributed by atoms with Crippen molar-refractivity contribution in [3.63, 3.8) is 0 Å². The first-order valence-electron chi connectivity index (χ1n) is 5.37. The molecular weight excluding hydrogens is 305 g/mol. The fraction of sp³-hybridized carbons (Fsp3) is 0.778. The van der Waals surface area contributed by atoms with Crippen LogP contribution in [0.5, 0.6) is 0 Å². The van der Waals surface area contributed by atoms with E-state index < -0.39 is 23.6 Å². The molecule has 0 bridgehead atoms. The molecule has 1 fully saturated rings. The lowest BCUT2D eigenvalue weighted by molar-refractivity contribution is -0.141. The Morgan fingerprint density at radius 3 is 2.74 bits per heavy atom. The quantitative estimate of drug-likeness (QED) is 0.768. The standard InChI is InChI=1S/C9H13F3N2O3S2/c10-9(11,12)19-3-1-13-8(17)14-2-4-18-5-6(14)7(15)16/h6H,1-5H2,(H,13,17)(H,15,16). The van der Waals surface area contributed by atoms with Gasteiger partial charge in [0.1, 0.15) is 6.04 Å². The topological polar surface area (TPSA) is 69.6 Å². The maximum Gasteiger partial charge on any atom is 0.441 e. The Morgan fingerprint density at radius 1 is 1.47 bits per heavy atom. The van der Waals surface area contributed by atoms with Gasteiger partial charge < -0.3 is 15.3 Å². The zero-order chi connectivity index (χ0) is 14.5. The summed E-state index contributed by atoms with van der Waals surface area (Å²) in [4.78, 5) is 23.8. The minimum atomic E-state index is -4.32. The van der Waals surface area contributed by atoms with E-state index in [1.54, 1.807) is 0 Å². The van der Waals surface area contributed by atoms with Gasteiger partial charge in [0.15, 0.2) is 0 Å². The van der Waals surface area contributed by atoms with Crippen LogP contribution in [0, 0.1) is 0 Å². The fourth-order valence-corrected chi connectivity index (χ4v) is 2.95. The molecule has 1 heterocycles. The number of carboxylic acid groups (broad SMARTS) is 1. The molecule has 0 radical (unpaired) electrons. The Kier molecular flexibility index (Phi) is 6.11. The minimum absolute atomic E-state index is 0.154. The molecule has 0 aromatic carbocycles. The van der Waals surface area contributed by atoms with E-state index in [4.69, 9.17) is 5.11 Å². The fourth-order valence-electron chi connectivity index (χ4n) is 1.48. The second-order valence-electron chi connectivity index (χ2n) is 3.65. The zero-order valence-corrected chi connectivity index (χ0v) is 11.4. The number of amides is 2. The summed E-state index contributed by atoms with van der Waals surface area (Å²) in [5.74, 6) is -0.489. The molecule has 0 saturated carbocycles. The number of urea groups is 1. The number of halogens is 3. The Morgan fingerprint density at radius 2 is 2.16 bits per heavy atom. The predicted molar refractivity (Wildman–Crippen MR) is 67.4 cm³/mol. The summed E-state index contributed by atoms with van der Waals surface area (Å²) in [6.45, 7) is 0.124. The number of hydrogen-bond donors (Lipinski definition) is 2. The number of aliphatic carboxylic acids is 1. The first kappa shape index (κ1) is 16.3. The number of hydrogen-bond acceptors (Lipinski definition) is 4. The minimum Gasteiger partial charge on any atom is -0.480 e. The summed E-state index contributed by atoms with van der Waals surface area (Å²) in [7, 11) is 0. The van der Waals surface area contributed by atoms with Crippen LogP contribution in [0.1, 0.15) is 0 Å². The van der Waals surface area contributed by atoms with Gasteiger partial charge in [-0.2, -0.15) is 24.9 Å². The van der Waals surface area contributed by atoms with Crippen molar-refractivity contribution in [2.24, 2.45) is 0 Å². The molecule has 1 aliphatic heterocycles. The van der Waals surface area contributed by atoms with Gasteiger partial charge in [0.05, 0.1) is 0 Å². The van der Waals surface area contributed by atoms with Gasteiger partial charge in [-0.05, 0) is 11.8 Å². The van der Waals surface area contributed by atoms with Crippen LogP contribution in [-0.2, 0) is 4.79 Å². The number of nitrogens with one attached hydrogen (secondary N) is 1. The average Bonchev–Trinajstić information content (AvgIpc) is 2.33. The van der Waals surface area contributed by atoms with Crippen molar-refractivity contribution in [3.05, 3.63) is 0 Å². The molecule has 1 unspecified atom stereocenters. The van der Waals surface area contributed by atoms with Gasteiger partial charge in [0, 0.05) is 30.3 Å². The van der Waals surface area contributed by atoms with Crippen LogP contribution in [0.2, 0.25) is 0 Å². The molecule has 2 amide bonds. The van der Waals surface area contributed by atoms with E-state index >= 15 is 0 Å². The van der Waals surface area contributed by atoms with E-state index in [0.717, 1.165) is 4.90 Å². The number of thioether (sulfide) groups is 2. The van der Waals surface area contributed by atoms with Crippen molar-refractivity contribution in [2.45, 2.75) is 11.6 Å². The molecule has 0 aromatic heterocycles. The van der Waals surface area contributed by atoms with E-state index in [1.807, 2.05) is 0 Å². The van der Waals surface area contributed by atoms with Gasteiger partial charge >= 0.3 is 17.5 Å². The number of carbonyl (C=O) groups is 2. The molecule has 19 heavy (non-hydrogen) atoms. The van der Waals surface area contributed by atoms with Gasteiger partial charge in [0.25, 0.3) is 0 Å². The summed E-state index contributed by atoms with van der Waals surface area (Å²) in [5, 5.41) is 11.3. The average molecular weight is 318 g/mol. The van der Waals surface area contributed by atoms with Crippen LogP contribution in [0.15, 0.2) is 0 Å². The highest BCUT2D eigenvalue weighted by Crippen LogP contribution is 2.29. The molecule has 2 N–H and O–H groups in total. The summed E-state index contributed by atoms with van der Waals surface area (Å²) in [6, 6.07) is -1.55. The number of carboxylic acids is 1. The largest absolute Gasteiger partial charge is 0.480 e. The Balaban J connectivity index is 2.37. The third-order valence-corrected chi connectivity index (χ3v) is 4.08. The van der Waals surface area contributed by atoms with E-state index in [2.05, 4.69) is 5.32 Å². The Hall–Kier alpha value is -0.770. The van der Waals surface area contributed by atoms with E-state index in [-0.39, 0.29) is 30.6 Å². The highest BCUT2D eigenvalue weighted by Gasteiger charge is 2.32. The van der Waals surface area contributed by atoms with Crippen molar-refractivity contribution in [3.8, 4) is 0 Å². The summed E-state index contributed by atoms with van der Waals surface area (Å²) in [5.41, 5.74) is -4.32. The molecule has 110 valence electrons. The lowest BCUT2D eigenvalue weighted by Gasteiger charge is -2.32. The van der Waals surface area contributed by atoms with Gasteiger partial charge in [-0.1, -0.05) is 0 Å². The van der Waals surface area contributed by atoms with Crippen LogP contribution in [-0.4, -0.2) is 63.9 Å². The van der Waals surface area contributed by atoms with E-state index in [1.165, 1.54) is 11.8 Å². The summed E-state index contributed by atoms with van der Waals surface area (Å²) < 4.78 is 35.6. The van der Waals surface area contributed by atoms with Crippen LogP contribution in [0.3, 0.4) is 0 Å². The van der Waals surface area contributed by atoms with E-state index in [0.29, 0.717) is 11.5 Å². The number of carbonyl (C=O) groups excluding carboxylic acids is 1. The molecule has 1 aliphatic rings. The lowest BCUT2D eigenvalue weighted by atomic mass is 10.3. The van der Waals surface area contributed by atoms with Gasteiger partial charge in [-0.3, -0.25) is 0 Å². The van der Waals surface area contributed by atoms with Crippen molar-refractivity contribution in [1.82, 2.24) is 10.2 Å². The van der Waals surface area contributed by atoms with Crippen molar-refractivity contribution >= 4 is 35.5 Å². The first-order chi connectivity index (χ1) is 8.81. The second kappa shape index (κ2) is 7.13. The molecule has 5 nitrogen and oxygen atoms in total. The third-order valence-electron chi connectivity index (χ3n) is 2.32. The normalized spacial score (nSPS) is 20.2. The SMILES string of the molecule is O=C(O)C1CSCCN1C(=O)NCCSC(F)(F)F. The number of alkyl halides is 3. The van der Waals surface area contributed by atoms with Crippen LogP contribution in [0.25, 0.3) is 0 Å². The maximum atomic E-state index is 11.9. The zero-order valence-electron chi connectivity index (χ0n) is 9.77. The molecule has 1 saturated heterocycles. The summed E-state index contributed by atoms with van der Waals surface area (Å²) >= 11 is 1.20. The highest BCUT2D eigenvalue weighted by atomic mass is 32.2. The summed E-state index contributed by atoms with van der Waals surface area (Å²) in [6.07, 6.45) is 0. The van der Waals surface area contributed by atoms with Crippen LogP contribution in [0.4, 0.5) is 18.0 Å². The molecular formula is C9H13F3N2O3S2. The van der Waals surface area contributed by atoms with Gasteiger partial charge in [0.2, 0.25) is 0 Å². The van der Waals surface area contributed by atoms with Gasteiger partial charge in [-0.15, -0.1) is 0 Å². The van der Waals surface area contributed by atoms with Crippen LogP contribution >= 0.6 is 23.5 Å². The predicted octanol–water partition coefficient (Wildman–Crippen LogP) is 1.45. The van der Waals surface area contributed by atoms with Crippen LogP contribution < -0.4 is 5.32 Å². The highest BCUT2D eigenvalue weighted by molar-refractivity contribution is 8.00. The third kappa shape index (κ3) is 5.81. The molecule has 0 aromatic rings. The van der Waals surface area contributed by atoms with Crippen molar-refractivity contribution in [2.75, 3.05) is 30.3 Å². The molecule has 10 heteroatoms. The number of rotatable bonds is 4. The monoisotopic (exact) mass is 318 g/mol. The van der Waals surface area contributed by atoms with Gasteiger partial charge in [-0.25, -0.2) is 9.59 Å². The van der Waals surface area contributed by atoms with Crippen molar-refractivity contribution in [1.29, 1.82) is 0 Å². The lowest BCUT2D eigenvalue weighted by Crippen LogP contribution is -2.54. The second-order valence-corrected chi connectivity index (χ2v) is 5.96. The molecule has 0 spiro atoms. The molecule has 1 rings (SSSR count). The Labute approximate surface area is 116 Å². The Bertz CT molecular complexity index is 341. The van der Waals surface area contributed by atoms with E-state index in [9.17, 15) is 22.8 Å².